The highest BCUT2D eigenvalue weighted by atomic mass is 127. The van der Waals surface area contributed by atoms with Crippen LogP contribution >= 0.6 is 22.6 Å². The molecule has 5 nitrogen and oxygen atoms in total. The lowest BCUT2D eigenvalue weighted by Gasteiger charge is -2.10. The molecule has 3 aromatic rings. The van der Waals surface area contributed by atoms with Crippen molar-refractivity contribution in [3.63, 3.8) is 0 Å². The van der Waals surface area contributed by atoms with E-state index in [9.17, 15) is 10.1 Å². The van der Waals surface area contributed by atoms with Gasteiger partial charge in [-0.1, -0.05) is 12.1 Å². The topological polar surface area (TPSA) is 68.1 Å². The monoisotopic (exact) mass is 391 g/mol. The molecular formula is C15H10IN3O2. The molecule has 104 valence electrons. The maximum Gasteiger partial charge on any atom is 0.282 e. The number of nitrogens with one attached hydrogen (secondary N) is 1. The van der Waals surface area contributed by atoms with Crippen LogP contribution in [0.1, 0.15) is 0 Å². The van der Waals surface area contributed by atoms with Gasteiger partial charge in [-0.2, -0.15) is 0 Å². The van der Waals surface area contributed by atoms with Crippen LogP contribution in [-0.4, -0.2) is 9.91 Å². The minimum Gasteiger partial charge on any atom is -0.355 e. The summed E-state index contributed by atoms with van der Waals surface area (Å²) in [6.07, 6.45) is 3.55. The first-order valence-electron chi connectivity index (χ1n) is 6.19. The zero-order valence-corrected chi connectivity index (χ0v) is 12.9. The summed E-state index contributed by atoms with van der Waals surface area (Å²) in [7, 11) is 0. The maximum atomic E-state index is 10.8. The molecule has 0 radical (unpaired) electrons. The number of hydrogen-bond acceptors (Lipinski definition) is 4. The van der Waals surface area contributed by atoms with Crippen LogP contribution in [0.15, 0.2) is 54.9 Å². The van der Waals surface area contributed by atoms with E-state index in [0.717, 1.165) is 22.1 Å². The Hall–Kier alpha value is -2.22. The third-order valence-corrected chi connectivity index (χ3v) is 3.97. The van der Waals surface area contributed by atoms with Crippen molar-refractivity contribution in [2.24, 2.45) is 0 Å². The van der Waals surface area contributed by atoms with Crippen LogP contribution in [-0.2, 0) is 0 Å². The van der Waals surface area contributed by atoms with E-state index < -0.39 is 0 Å². The minimum absolute atomic E-state index is 0.114. The van der Waals surface area contributed by atoms with Gasteiger partial charge >= 0.3 is 0 Å². The molecule has 0 aliphatic heterocycles. The summed E-state index contributed by atoms with van der Waals surface area (Å²) >= 11 is 1.97. The molecule has 1 aromatic heterocycles. The fraction of sp³-hybridized carbons (Fsp3) is 0. The number of fused-ring (bicyclic) bond motifs is 1. The first kappa shape index (κ1) is 13.7. The molecule has 0 saturated carbocycles. The molecule has 0 fully saturated rings. The Morgan fingerprint density at radius 3 is 2.81 bits per heavy atom. The number of benzene rings is 2. The molecule has 1 N–H and O–H groups in total. The molecule has 0 atom stereocenters. The Kier molecular flexibility index (Phi) is 3.70. The van der Waals surface area contributed by atoms with E-state index in [1.165, 1.54) is 6.07 Å². The van der Waals surface area contributed by atoms with Gasteiger partial charge in [0.05, 0.1) is 8.49 Å². The molecule has 6 heteroatoms. The zero-order valence-electron chi connectivity index (χ0n) is 10.8. The highest BCUT2D eigenvalue weighted by Gasteiger charge is 2.11. The van der Waals surface area contributed by atoms with Gasteiger partial charge < -0.3 is 5.32 Å². The van der Waals surface area contributed by atoms with Crippen LogP contribution in [0.2, 0.25) is 0 Å². The van der Waals surface area contributed by atoms with E-state index in [2.05, 4.69) is 10.3 Å². The number of hydrogen-bond donors (Lipinski definition) is 1. The highest BCUT2D eigenvalue weighted by Crippen LogP contribution is 2.29. The van der Waals surface area contributed by atoms with E-state index in [1.807, 2.05) is 46.9 Å². The second-order valence-corrected chi connectivity index (χ2v) is 5.61. The summed E-state index contributed by atoms with van der Waals surface area (Å²) in [5, 5.41) is 16.2. The van der Waals surface area contributed by atoms with Crippen molar-refractivity contribution in [2.45, 2.75) is 0 Å². The van der Waals surface area contributed by atoms with Crippen molar-refractivity contribution in [3.05, 3.63) is 68.5 Å². The zero-order chi connectivity index (χ0) is 14.8. The third kappa shape index (κ3) is 2.80. The number of pyridine rings is 1. The molecule has 0 bridgehead atoms. The standard InChI is InChI=1S/C15H10IN3O2/c16-13-8-11(4-5-15(13)19(20)21)18-14-3-1-2-10-9-17-7-6-12(10)14/h1-9,18H. The minimum atomic E-state index is -0.380. The maximum absolute atomic E-state index is 10.8. The van der Waals surface area contributed by atoms with Crippen molar-refractivity contribution < 1.29 is 4.92 Å². The number of nitro benzene ring substituents is 1. The van der Waals surface area contributed by atoms with Crippen LogP contribution in [0.25, 0.3) is 10.8 Å². The van der Waals surface area contributed by atoms with E-state index in [4.69, 9.17) is 0 Å². The SMILES string of the molecule is O=[N+]([O-])c1ccc(Nc2cccc3cnccc23)cc1I. The molecule has 0 aliphatic rings. The van der Waals surface area contributed by atoms with E-state index in [1.54, 1.807) is 24.5 Å². The van der Waals surface area contributed by atoms with Gasteiger partial charge in [-0.25, -0.2) is 0 Å². The number of rotatable bonds is 3. The van der Waals surface area contributed by atoms with Crippen molar-refractivity contribution >= 4 is 50.4 Å². The summed E-state index contributed by atoms with van der Waals surface area (Å²) in [6.45, 7) is 0. The molecule has 1 heterocycles. The number of aromatic nitrogens is 1. The van der Waals surface area contributed by atoms with Gasteiger partial charge in [-0.15, -0.1) is 0 Å². The lowest BCUT2D eigenvalue weighted by Crippen LogP contribution is -1.95. The highest BCUT2D eigenvalue weighted by molar-refractivity contribution is 14.1. The number of nitro groups is 1. The molecule has 0 aliphatic carbocycles. The van der Waals surface area contributed by atoms with Gasteiger partial charge in [-0.05, 0) is 46.9 Å². The fourth-order valence-electron chi connectivity index (χ4n) is 2.12. The lowest BCUT2D eigenvalue weighted by atomic mass is 10.1. The number of halogens is 1. The summed E-state index contributed by atoms with van der Waals surface area (Å²) in [4.78, 5) is 14.6. The van der Waals surface area contributed by atoms with Crippen molar-refractivity contribution in [1.29, 1.82) is 0 Å². The Balaban J connectivity index is 1.99. The Bertz CT molecular complexity index is 831. The molecule has 2 aromatic carbocycles. The normalized spacial score (nSPS) is 10.5. The summed E-state index contributed by atoms with van der Waals surface area (Å²) in [5.41, 5.74) is 1.87. The van der Waals surface area contributed by atoms with Gasteiger partial charge in [-0.3, -0.25) is 15.1 Å². The van der Waals surface area contributed by atoms with Crippen molar-refractivity contribution in [2.75, 3.05) is 5.32 Å². The molecule has 3 rings (SSSR count). The fourth-order valence-corrected chi connectivity index (χ4v) is 2.83. The van der Waals surface area contributed by atoms with E-state index in [-0.39, 0.29) is 10.6 Å². The summed E-state index contributed by atoms with van der Waals surface area (Å²) < 4.78 is 0.601. The van der Waals surface area contributed by atoms with Gasteiger partial charge in [0.25, 0.3) is 5.69 Å². The van der Waals surface area contributed by atoms with Crippen LogP contribution in [0.5, 0.6) is 0 Å². The van der Waals surface area contributed by atoms with Crippen LogP contribution in [0.3, 0.4) is 0 Å². The first-order chi connectivity index (χ1) is 10.1. The van der Waals surface area contributed by atoms with Gasteiger partial charge in [0.1, 0.15) is 0 Å². The summed E-state index contributed by atoms with van der Waals surface area (Å²) in [6, 6.07) is 12.8. The molecule has 21 heavy (non-hydrogen) atoms. The lowest BCUT2D eigenvalue weighted by molar-refractivity contribution is -0.385. The molecule has 0 amide bonds. The van der Waals surface area contributed by atoms with Gasteiger partial charge in [0.15, 0.2) is 0 Å². The van der Waals surface area contributed by atoms with Gasteiger partial charge in [0.2, 0.25) is 0 Å². The second-order valence-electron chi connectivity index (χ2n) is 4.45. The van der Waals surface area contributed by atoms with Crippen LogP contribution in [0.4, 0.5) is 17.1 Å². The second kappa shape index (κ2) is 5.65. The number of nitrogens with zero attached hydrogens (tertiary/aromatic N) is 2. The van der Waals surface area contributed by atoms with Crippen LogP contribution < -0.4 is 5.32 Å². The molecule has 0 spiro atoms. The molecule has 0 saturated heterocycles. The quantitative estimate of drug-likeness (QED) is 0.406. The van der Waals surface area contributed by atoms with Gasteiger partial charge in [0, 0.05) is 40.6 Å². The predicted octanol–water partition coefficient (Wildman–Crippen LogP) is 4.49. The Morgan fingerprint density at radius 1 is 1.19 bits per heavy atom. The van der Waals surface area contributed by atoms with Crippen LogP contribution in [0, 0.1) is 13.7 Å². The van der Waals surface area contributed by atoms with E-state index >= 15 is 0 Å². The number of anilines is 2. The summed E-state index contributed by atoms with van der Waals surface area (Å²) in [5.74, 6) is 0. The average Bonchev–Trinajstić information content (AvgIpc) is 2.47. The Labute approximate surface area is 134 Å². The van der Waals surface area contributed by atoms with Crippen molar-refractivity contribution in [3.8, 4) is 0 Å². The van der Waals surface area contributed by atoms with E-state index in [0.29, 0.717) is 3.57 Å². The molecule has 0 unspecified atom stereocenters. The molecular weight excluding hydrogens is 381 g/mol. The smallest absolute Gasteiger partial charge is 0.282 e. The predicted molar refractivity (Wildman–Crippen MR) is 90.8 cm³/mol. The largest absolute Gasteiger partial charge is 0.355 e. The average molecular weight is 391 g/mol. The first-order valence-corrected chi connectivity index (χ1v) is 7.27. The third-order valence-electron chi connectivity index (χ3n) is 3.10. The van der Waals surface area contributed by atoms with Crippen molar-refractivity contribution in [1.82, 2.24) is 4.98 Å². The Morgan fingerprint density at radius 2 is 2.05 bits per heavy atom.